The average Bonchev–Trinajstić information content (AvgIpc) is 3.55. The van der Waals surface area contributed by atoms with Gasteiger partial charge < -0.3 is 15.0 Å². The Balaban J connectivity index is 1.48. The molecule has 3 aliphatic rings. The minimum atomic E-state index is -0.947. The van der Waals surface area contributed by atoms with Gasteiger partial charge in [-0.1, -0.05) is 29.3 Å². The molecule has 4 nitrogen and oxygen atoms in total. The Labute approximate surface area is 189 Å². The molecule has 164 valence electrons. The molecule has 1 aliphatic carbocycles. The lowest BCUT2D eigenvalue weighted by atomic mass is 9.75. The first kappa shape index (κ1) is 21.1. The molecule has 31 heavy (non-hydrogen) atoms. The van der Waals surface area contributed by atoms with Gasteiger partial charge in [-0.25, -0.2) is 8.78 Å². The van der Waals surface area contributed by atoms with Gasteiger partial charge in [0.1, 0.15) is 5.60 Å². The van der Waals surface area contributed by atoms with E-state index in [1.165, 1.54) is 12.1 Å². The Bertz CT molecular complexity index is 1050. The Morgan fingerprint density at radius 3 is 2.68 bits per heavy atom. The third-order valence-electron chi connectivity index (χ3n) is 6.58. The van der Waals surface area contributed by atoms with Crippen LogP contribution >= 0.6 is 23.2 Å². The number of hydrogen-bond acceptors (Lipinski definition) is 3. The van der Waals surface area contributed by atoms with Crippen molar-refractivity contribution in [3.63, 3.8) is 0 Å². The van der Waals surface area contributed by atoms with Gasteiger partial charge in [0.15, 0.2) is 11.6 Å². The van der Waals surface area contributed by atoms with E-state index in [4.69, 9.17) is 27.9 Å². The van der Waals surface area contributed by atoms with Crippen LogP contribution in [0.25, 0.3) is 0 Å². The van der Waals surface area contributed by atoms with Crippen molar-refractivity contribution < 1.29 is 18.3 Å². The van der Waals surface area contributed by atoms with Gasteiger partial charge in [0, 0.05) is 19.1 Å². The predicted octanol–water partition coefficient (Wildman–Crippen LogP) is 4.80. The molecule has 8 heteroatoms. The second-order valence-corrected chi connectivity index (χ2v) is 9.37. The summed E-state index contributed by atoms with van der Waals surface area (Å²) in [4.78, 5) is 15.7. The molecule has 1 spiro atoms. The zero-order valence-corrected chi connectivity index (χ0v) is 18.3. The molecule has 0 bridgehead atoms. The number of piperidine rings is 1. The summed E-state index contributed by atoms with van der Waals surface area (Å²) in [6.07, 6.45) is 2.40. The number of benzene rings is 2. The molecule has 2 aromatic carbocycles. The van der Waals surface area contributed by atoms with E-state index in [1.54, 1.807) is 12.1 Å². The van der Waals surface area contributed by atoms with Crippen LogP contribution < -0.4 is 5.32 Å². The van der Waals surface area contributed by atoms with Crippen LogP contribution in [0.5, 0.6) is 0 Å². The number of halogens is 4. The molecule has 1 N–H and O–H groups in total. The van der Waals surface area contributed by atoms with E-state index in [9.17, 15) is 13.6 Å². The summed E-state index contributed by atoms with van der Waals surface area (Å²) in [6.45, 7) is 1.64. The third kappa shape index (κ3) is 3.74. The highest BCUT2D eigenvalue weighted by atomic mass is 35.5. The van der Waals surface area contributed by atoms with Gasteiger partial charge in [0.25, 0.3) is 0 Å². The molecule has 2 atom stereocenters. The number of rotatable bonds is 4. The van der Waals surface area contributed by atoms with Crippen molar-refractivity contribution in [1.82, 2.24) is 10.2 Å². The molecule has 2 fully saturated rings. The van der Waals surface area contributed by atoms with Gasteiger partial charge in [0.05, 0.1) is 22.6 Å². The Hall–Kier alpha value is -1.73. The van der Waals surface area contributed by atoms with Gasteiger partial charge in [-0.3, -0.25) is 4.79 Å². The van der Waals surface area contributed by atoms with Crippen LogP contribution in [0.1, 0.15) is 36.0 Å². The number of nitrogens with zero attached hydrogens (tertiary/aromatic N) is 1. The smallest absolute Gasteiger partial charge is 0.230 e. The molecule has 0 aromatic heterocycles. The molecule has 0 radical (unpaired) electrons. The minimum Gasteiger partial charge on any atom is -0.365 e. The highest BCUT2D eigenvalue weighted by Gasteiger charge is 2.53. The molecule has 1 saturated heterocycles. The quantitative estimate of drug-likeness (QED) is 0.703. The van der Waals surface area contributed by atoms with Crippen LogP contribution in [0.3, 0.4) is 0 Å². The van der Waals surface area contributed by atoms with Gasteiger partial charge >= 0.3 is 0 Å². The summed E-state index contributed by atoms with van der Waals surface area (Å²) in [5, 5.41) is 4.20. The van der Waals surface area contributed by atoms with Crippen molar-refractivity contribution in [3.05, 3.63) is 68.7 Å². The summed E-state index contributed by atoms with van der Waals surface area (Å²) >= 11 is 12.2. The first-order valence-corrected chi connectivity index (χ1v) is 11.2. The number of carbonyl (C=O) groups excluding carboxylic acids is 1. The van der Waals surface area contributed by atoms with Crippen molar-refractivity contribution in [1.29, 1.82) is 0 Å². The van der Waals surface area contributed by atoms with Crippen molar-refractivity contribution in [2.24, 2.45) is 5.92 Å². The standard InChI is InChI=1S/C23H22Cl2F2N2O2/c24-18-4-1-13(7-19(18)25)11-29(15-2-3-15)22(30)17-10-28-6-5-23(17)16-9-21(27)20(26)8-14(16)12-31-23/h1,4,7-9,15,17,28H,2-3,5-6,10-12H2/t17-,23+/m1/s1. The Kier molecular flexibility index (Phi) is 5.45. The third-order valence-corrected chi connectivity index (χ3v) is 7.32. The molecule has 5 rings (SSSR count). The maximum absolute atomic E-state index is 14.1. The number of ether oxygens (including phenoxy) is 1. The van der Waals surface area contributed by atoms with Crippen LogP contribution in [0.4, 0.5) is 8.78 Å². The zero-order chi connectivity index (χ0) is 21.8. The summed E-state index contributed by atoms with van der Waals surface area (Å²) in [6, 6.07) is 7.94. The summed E-state index contributed by atoms with van der Waals surface area (Å²) in [5.74, 6) is -2.38. The van der Waals surface area contributed by atoms with Crippen LogP contribution in [0.2, 0.25) is 10.0 Å². The molecule has 1 saturated carbocycles. The maximum Gasteiger partial charge on any atom is 0.230 e. The van der Waals surface area contributed by atoms with Gasteiger partial charge in [-0.15, -0.1) is 0 Å². The first-order chi connectivity index (χ1) is 14.9. The SMILES string of the molecule is O=C([C@H]1CNCC[C@@]12OCc1cc(F)c(F)cc12)N(Cc1ccc(Cl)c(Cl)c1)C1CC1. The molecule has 2 heterocycles. The second-order valence-electron chi connectivity index (χ2n) is 8.55. The lowest BCUT2D eigenvalue weighted by Gasteiger charge is -2.42. The normalized spacial score (nSPS) is 25.0. The number of carbonyl (C=O) groups is 1. The number of fused-ring (bicyclic) bond motifs is 2. The maximum atomic E-state index is 14.1. The van der Waals surface area contributed by atoms with E-state index in [0.29, 0.717) is 47.2 Å². The van der Waals surface area contributed by atoms with E-state index in [-0.39, 0.29) is 18.6 Å². The summed E-state index contributed by atoms with van der Waals surface area (Å²) < 4.78 is 34.1. The monoisotopic (exact) mass is 466 g/mol. The number of nitrogens with one attached hydrogen (secondary N) is 1. The van der Waals surface area contributed by atoms with E-state index >= 15 is 0 Å². The highest BCUT2D eigenvalue weighted by Crippen LogP contribution is 2.48. The van der Waals surface area contributed by atoms with Gasteiger partial charge in [-0.05, 0) is 66.8 Å². The van der Waals surface area contributed by atoms with Crippen LogP contribution in [-0.2, 0) is 28.3 Å². The van der Waals surface area contributed by atoms with E-state index in [0.717, 1.165) is 18.4 Å². The van der Waals surface area contributed by atoms with E-state index < -0.39 is 23.2 Å². The topological polar surface area (TPSA) is 41.6 Å². The molecule has 2 aromatic rings. The van der Waals surface area contributed by atoms with Crippen LogP contribution in [0.15, 0.2) is 30.3 Å². The second kappa shape index (κ2) is 8.00. The van der Waals surface area contributed by atoms with Gasteiger partial charge in [-0.2, -0.15) is 0 Å². The predicted molar refractivity (Wildman–Crippen MR) is 114 cm³/mol. The summed E-state index contributed by atoms with van der Waals surface area (Å²) in [7, 11) is 0. The molecule has 1 amide bonds. The minimum absolute atomic E-state index is 0.0432. The fraction of sp³-hybridized carbons (Fsp3) is 0.435. The van der Waals surface area contributed by atoms with E-state index in [1.807, 2.05) is 11.0 Å². The van der Waals surface area contributed by atoms with Crippen molar-refractivity contribution in [2.45, 2.75) is 44.1 Å². The van der Waals surface area contributed by atoms with Crippen molar-refractivity contribution in [3.8, 4) is 0 Å². The van der Waals surface area contributed by atoms with E-state index in [2.05, 4.69) is 5.32 Å². The Morgan fingerprint density at radius 1 is 1.16 bits per heavy atom. The van der Waals surface area contributed by atoms with Crippen LogP contribution in [0, 0.1) is 17.6 Å². The average molecular weight is 467 g/mol. The molecular weight excluding hydrogens is 445 g/mol. The van der Waals surface area contributed by atoms with Crippen molar-refractivity contribution in [2.75, 3.05) is 13.1 Å². The lowest BCUT2D eigenvalue weighted by Crippen LogP contribution is -2.55. The Morgan fingerprint density at radius 2 is 1.94 bits per heavy atom. The van der Waals surface area contributed by atoms with Crippen LogP contribution in [-0.4, -0.2) is 29.9 Å². The molecule has 2 aliphatic heterocycles. The first-order valence-electron chi connectivity index (χ1n) is 10.5. The number of hydrogen-bond donors (Lipinski definition) is 1. The number of amides is 1. The zero-order valence-electron chi connectivity index (χ0n) is 16.8. The summed E-state index contributed by atoms with van der Waals surface area (Å²) in [5.41, 5.74) is 1.16. The van der Waals surface area contributed by atoms with Gasteiger partial charge in [0.2, 0.25) is 5.91 Å². The fourth-order valence-corrected chi connectivity index (χ4v) is 5.16. The van der Waals surface area contributed by atoms with Crippen molar-refractivity contribution >= 4 is 29.1 Å². The molecule has 0 unspecified atom stereocenters. The largest absolute Gasteiger partial charge is 0.365 e. The lowest BCUT2D eigenvalue weighted by molar-refractivity contribution is -0.157. The molecular formula is C23H22Cl2F2N2O2. The fourth-order valence-electron chi connectivity index (χ4n) is 4.84. The highest BCUT2D eigenvalue weighted by molar-refractivity contribution is 6.42.